The number of rotatable bonds is 2. The number of ether oxygens (including phenoxy) is 3. The fourth-order valence-electron chi connectivity index (χ4n) is 1.47. The highest BCUT2D eigenvalue weighted by Gasteiger charge is 2.31. The van der Waals surface area contributed by atoms with Crippen molar-refractivity contribution in [1.29, 1.82) is 0 Å². The van der Waals surface area contributed by atoms with Gasteiger partial charge in [0, 0.05) is 18.1 Å². The molecule has 0 aliphatic carbocycles. The van der Waals surface area contributed by atoms with Gasteiger partial charge in [0.05, 0.1) is 6.61 Å². The zero-order valence-corrected chi connectivity index (χ0v) is 9.10. The number of nitrogens with one attached hydrogen (secondary N) is 1. The van der Waals surface area contributed by atoms with Crippen molar-refractivity contribution >= 4 is 18.0 Å². The van der Waals surface area contributed by atoms with Gasteiger partial charge in [-0.3, -0.25) is 0 Å². The highest BCUT2D eigenvalue weighted by atomic mass is 16.7. The van der Waals surface area contributed by atoms with E-state index in [2.05, 4.69) is 10.1 Å². The fourth-order valence-corrected chi connectivity index (χ4v) is 1.47. The third-order valence-corrected chi connectivity index (χ3v) is 2.38. The van der Waals surface area contributed by atoms with Gasteiger partial charge in [0.2, 0.25) is 0 Å². The van der Waals surface area contributed by atoms with Crippen LogP contribution in [0.1, 0.15) is 13.3 Å². The summed E-state index contributed by atoms with van der Waals surface area (Å²) >= 11 is 0. The summed E-state index contributed by atoms with van der Waals surface area (Å²) in [7, 11) is 0. The zero-order valence-electron chi connectivity index (χ0n) is 9.10. The third kappa shape index (κ3) is 2.55. The van der Waals surface area contributed by atoms with Gasteiger partial charge in [-0.05, 0) is 6.92 Å². The van der Waals surface area contributed by atoms with E-state index in [1.165, 1.54) is 6.08 Å². The quantitative estimate of drug-likeness (QED) is 0.676. The molecule has 0 aromatic heterocycles. The van der Waals surface area contributed by atoms with Gasteiger partial charge in [-0.25, -0.2) is 14.4 Å². The topological polar surface area (TPSA) is 90.9 Å². The van der Waals surface area contributed by atoms with E-state index in [-0.39, 0.29) is 6.61 Å². The molecular weight excluding hydrogens is 230 g/mol. The molecule has 0 aromatic carbocycles. The van der Waals surface area contributed by atoms with Crippen LogP contribution in [-0.2, 0) is 23.8 Å². The van der Waals surface area contributed by atoms with E-state index in [0.717, 1.165) is 0 Å². The molecule has 2 aliphatic heterocycles. The van der Waals surface area contributed by atoms with Crippen molar-refractivity contribution in [2.45, 2.75) is 25.7 Å². The van der Waals surface area contributed by atoms with Gasteiger partial charge in [-0.1, -0.05) is 0 Å². The summed E-state index contributed by atoms with van der Waals surface area (Å²) in [6, 6.07) is -0.690. The number of hydrogen-bond donors (Lipinski definition) is 1. The molecule has 7 heteroatoms. The van der Waals surface area contributed by atoms with Gasteiger partial charge in [0.1, 0.15) is 6.04 Å². The second-order valence-corrected chi connectivity index (χ2v) is 3.68. The van der Waals surface area contributed by atoms with E-state index in [1.54, 1.807) is 6.92 Å². The van der Waals surface area contributed by atoms with Crippen LogP contribution in [0.15, 0.2) is 11.6 Å². The SMILES string of the molecule is CC1=CC(OC(=O)NC2CCOC2=O)OC1=O. The van der Waals surface area contributed by atoms with E-state index >= 15 is 0 Å². The second kappa shape index (κ2) is 4.44. The number of carbonyl (C=O) groups is 3. The predicted molar refractivity (Wildman–Crippen MR) is 52.6 cm³/mol. The van der Waals surface area contributed by atoms with Crippen molar-refractivity contribution in [1.82, 2.24) is 5.32 Å². The molecule has 1 amide bonds. The molecule has 0 spiro atoms. The van der Waals surface area contributed by atoms with Gasteiger partial charge in [0.15, 0.2) is 0 Å². The van der Waals surface area contributed by atoms with Crippen LogP contribution in [0.4, 0.5) is 4.79 Å². The molecule has 2 atom stereocenters. The lowest BCUT2D eigenvalue weighted by Crippen LogP contribution is -2.39. The Morgan fingerprint density at radius 2 is 2.29 bits per heavy atom. The lowest BCUT2D eigenvalue weighted by Gasteiger charge is -2.12. The molecule has 0 saturated carbocycles. The van der Waals surface area contributed by atoms with Gasteiger partial charge in [0.25, 0.3) is 6.29 Å². The van der Waals surface area contributed by atoms with E-state index in [1.807, 2.05) is 0 Å². The highest BCUT2D eigenvalue weighted by molar-refractivity contribution is 5.90. The maximum atomic E-state index is 11.4. The molecule has 92 valence electrons. The zero-order chi connectivity index (χ0) is 12.4. The molecule has 7 nitrogen and oxygen atoms in total. The Morgan fingerprint density at radius 3 is 2.82 bits per heavy atom. The maximum Gasteiger partial charge on any atom is 0.411 e. The second-order valence-electron chi connectivity index (χ2n) is 3.68. The van der Waals surface area contributed by atoms with Gasteiger partial charge in [-0.15, -0.1) is 0 Å². The smallest absolute Gasteiger partial charge is 0.411 e. The Kier molecular flexibility index (Phi) is 2.99. The summed E-state index contributed by atoms with van der Waals surface area (Å²) in [5.74, 6) is -1.01. The molecular formula is C10H11NO6. The van der Waals surface area contributed by atoms with Gasteiger partial charge in [-0.2, -0.15) is 0 Å². The van der Waals surface area contributed by atoms with Crippen LogP contribution < -0.4 is 5.32 Å². The summed E-state index contributed by atoms with van der Waals surface area (Å²) in [5.41, 5.74) is 0.378. The molecule has 1 saturated heterocycles. The van der Waals surface area contributed by atoms with Crippen LogP contribution >= 0.6 is 0 Å². The molecule has 2 aliphatic rings. The average molecular weight is 241 g/mol. The standard InChI is InChI=1S/C10H11NO6/c1-5-4-7(16-8(5)12)17-10(14)11-6-2-3-15-9(6)13/h4,6-7H,2-3H2,1H3,(H,11,14). The van der Waals surface area contributed by atoms with Crippen molar-refractivity contribution in [3.05, 3.63) is 11.6 Å². The molecule has 0 bridgehead atoms. The molecule has 0 radical (unpaired) electrons. The maximum absolute atomic E-state index is 11.4. The Bertz CT molecular complexity index is 402. The van der Waals surface area contributed by atoms with E-state index in [0.29, 0.717) is 12.0 Å². The number of esters is 2. The third-order valence-electron chi connectivity index (χ3n) is 2.38. The van der Waals surface area contributed by atoms with E-state index in [4.69, 9.17) is 9.47 Å². The monoisotopic (exact) mass is 241 g/mol. The minimum Gasteiger partial charge on any atom is -0.464 e. The first-order valence-corrected chi connectivity index (χ1v) is 5.09. The number of alkyl carbamates (subject to hydrolysis) is 1. The van der Waals surface area contributed by atoms with E-state index in [9.17, 15) is 14.4 Å². The molecule has 2 rings (SSSR count). The van der Waals surface area contributed by atoms with Crippen LogP contribution in [0.25, 0.3) is 0 Å². The summed E-state index contributed by atoms with van der Waals surface area (Å²) in [4.78, 5) is 33.4. The van der Waals surface area contributed by atoms with Crippen molar-refractivity contribution in [3.8, 4) is 0 Å². The van der Waals surface area contributed by atoms with Crippen LogP contribution in [0, 0.1) is 0 Å². The predicted octanol–water partition coefficient (Wildman–Crippen LogP) is -0.143. The number of cyclic esters (lactones) is 2. The summed E-state index contributed by atoms with van der Waals surface area (Å²) < 4.78 is 14.2. The van der Waals surface area contributed by atoms with Crippen LogP contribution in [0.2, 0.25) is 0 Å². The fraction of sp³-hybridized carbons (Fsp3) is 0.500. The van der Waals surface area contributed by atoms with Crippen molar-refractivity contribution in [3.63, 3.8) is 0 Å². The lowest BCUT2D eigenvalue weighted by molar-refractivity contribution is -0.151. The number of carbonyl (C=O) groups excluding carboxylic acids is 3. The Hall–Kier alpha value is -2.05. The Balaban J connectivity index is 1.82. The summed E-state index contributed by atoms with van der Waals surface area (Å²) in [5, 5.41) is 2.33. The van der Waals surface area contributed by atoms with Crippen LogP contribution in [-0.4, -0.2) is 37.0 Å². The molecule has 1 N–H and O–H groups in total. The average Bonchev–Trinajstić information content (AvgIpc) is 2.76. The first-order chi connectivity index (χ1) is 8.06. The molecule has 0 aromatic rings. The summed E-state index contributed by atoms with van der Waals surface area (Å²) in [6.45, 7) is 1.83. The first-order valence-electron chi connectivity index (χ1n) is 5.09. The van der Waals surface area contributed by atoms with Crippen molar-refractivity contribution < 1.29 is 28.6 Å². The van der Waals surface area contributed by atoms with E-state index < -0.39 is 30.4 Å². The molecule has 1 fully saturated rings. The molecule has 17 heavy (non-hydrogen) atoms. The van der Waals surface area contributed by atoms with Crippen molar-refractivity contribution in [2.75, 3.05) is 6.61 Å². The summed E-state index contributed by atoms with van der Waals surface area (Å²) in [6.07, 6.45) is -0.0557. The van der Waals surface area contributed by atoms with Crippen LogP contribution in [0.5, 0.6) is 0 Å². The van der Waals surface area contributed by atoms with Crippen molar-refractivity contribution in [2.24, 2.45) is 0 Å². The minimum atomic E-state index is -1.03. The number of amides is 1. The largest absolute Gasteiger partial charge is 0.464 e. The van der Waals surface area contributed by atoms with Gasteiger partial charge >= 0.3 is 18.0 Å². The Morgan fingerprint density at radius 1 is 1.53 bits per heavy atom. The number of hydrogen-bond acceptors (Lipinski definition) is 6. The Labute approximate surface area is 96.7 Å². The highest BCUT2D eigenvalue weighted by Crippen LogP contribution is 2.14. The molecule has 2 unspecified atom stereocenters. The van der Waals surface area contributed by atoms with Crippen LogP contribution in [0.3, 0.4) is 0 Å². The lowest BCUT2D eigenvalue weighted by atomic mass is 10.2. The first kappa shape index (κ1) is 11.4. The minimum absolute atomic E-state index is 0.279. The molecule has 2 heterocycles. The normalized spacial score (nSPS) is 27.2. The van der Waals surface area contributed by atoms with Gasteiger partial charge < -0.3 is 19.5 Å².